The van der Waals surface area contributed by atoms with Crippen molar-refractivity contribution in [1.29, 1.82) is 0 Å². The Morgan fingerprint density at radius 2 is 1.83 bits per heavy atom. The smallest absolute Gasteiger partial charge is 0.162 e. The molecule has 1 saturated heterocycles. The third kappa shape index (κ3) is 7.23. The van der Waals surface area contributed by atoms with Crippen molar-refractivity contribution in [2.24, 2.45) is 0 Å². The maximum absolute atomic E-state index is 13.1. The van der Waals surface area contributed by atoms with Crippen LogP contribution in [0.2, 0.25) is 0 Å². The van der Waals surface area contributed by atoms with Crippen LogP contribution in [-0.4, -0.2) is 50.9 Å². The van der Waals surface area contributed by atoms with Crippen LogP contribution >= 0.6 is 15.9 Å². The number of hydrogen-bond donors (Lipinski definition) is 1. The van der Waals surface area contributed by atoms with Crippen molar-refractivity contribution in [2.45, 2.75) is 26.5 Å². The fourth-order valence-corrected chi connectivity index (χ4v) is 3.77. The van der Waals surface area contributed by atoms with Gasteiger partial charge in [-0.15, -0.1) is 0 Å². The standard InChI is InChI=1S/C23H30BrFN2O3/c1-2-29-22-14-19(16-26-8-3-9-27-10-12-28-13-11-27)21(24)15-23(22)30-17-18-4-6-20(25)7-5-18/h4-7,14-15,26H,2-3,8-13,16-17H2,1H3. The quantitative estimate of drug-likeness (QED) is 0.483. The van der Waals surface area contributed by atoms with Crippen molar-refractivity contribution in [3.05, 3.63) is 57.8 Å². The van der Waals surface area contributed by atoms with Gasteiger partial charge in [-0.2, -0.15) is 0 Å². The molecule has 1 N–H and O–H groups in total. The Kier molecular flexibility index (Phi) is 9.39. The molecule has 0 saturated carbocycles. The van der Waals surface area contributed by atoms with Gasteiger partial charge in [0.05, 0.1) is 19.8 Å². The predicted molar refractivity (Wildman–Crippen MR) is 120 cm³/mol. The van der Waals surface area contributed by atoms with Crippen molar-refractivity contribution in [3.63, 3.8) is 0 Å². The molecule has 2 aromatic carbocycles. The zero-order chi connectivity index (χ0) is 21.2. The second-order valence-electron chi connectivity index (χ2n) is 7.22. The molecular weight excluding hydrogens is 451 g/mol. The van der Waals surface area contributed by atoms with E-state index in [1.807, 2.05) is 19.1 Å². The highest BCUT2D eigenvalue weighted by Gasteiger charge is 2.12. The summed E-state index contributed by atoms with van der Waals surface area (Å²) < 4.78 is 31.2. The van der Waals surface area contributed by atoms with E-state index in [0.29, 0.717) is 24.7 Å². The van der Waals surface area contributed by atoms with Crippen LogP contribution in [0.3, 0.4) is 0 Å². The Morgan fingerprint density at radius 3 is 2.57 bits per heavy atom. The van der Waals surface area contributed by atoms with Gasteiger partial charge in [0, 0.05) is 24.1 Å². The molecule has 1 heterocycles. The first-order valence-electron chi connectivity index (χ1n) is 10.5. The van der Waals surface area contributed by atoms with Crippen LogP contribution in [0.5, 0.6) is 11.5 Å². The fraction of sp³-hybridized carbons (Fsp3) is 0.478. The Bertz CT molecular complexity index is 783. The van der Waals surface area contributed by atoms with Crippen molar-refractivity contribution < 1.29 is 18.6 Å². The fourth-order valence-electron chi connectivity index (χ4n) is 3.31. The molecule has 0 atom stereocenters. The Hall–Kier alpha value is -1.67. The van der Waals surface area contributed by atoms with Crippen LogP contribution in [0.25, 0.3) is 0 Å². The van der Waals surface area contributed by atoms with Gasteiger partial charge in [0.1, 0.15) is 12.4 Å². The summed E-state index contributed by atoms with van der Waals surface area (Å²) in [4.78, 5) is 2.45. The highest BCUT2D eigenvalue weighted by Crippen LogP contribution is 2.34. The number of morpholine rings is 1. The second-order valence-corrected chi connectivity index (χ2v) is 8.08. The van der Waals surface area contributed by atoms with Gasteiger partial charge in [-0.1, -0.05) is 28.1 Å². The largest absolute Gasteiger partial charge is 0.490 e. The second kappa shape index (κ2) is 12.2. The van der Waals surface area contributed by atoms with Crippen LogP contribution in [0.1, 0.15) is 24.5 Å². The van der Waals surface area contributed by atoms with Crippen molar-refractivity contribution in [2.75, 3.05) is 46.0 Å². The number of nitrogens with one attached hydrogen (secondary N) is 1. The molecule has 2 aromatic rings. The topological polar surface area (TPSA) is 43.0 Å². The lowest BCUT2D eigenvalue weighted by Crippen LogP contribution is -2.37. The summed E-state index contributed by atoms with van der Waals surface area (Å²) >= 11 is 3.65. The molecule has 0 aliphatic carbocycles. The molecule has 0 unspecified atom stereocenters. The first kappa shape index (κ1) is 23.0. The lowest BCUT2D eigenvalue weighted by atomic mass is 10.2. The summed E-state index contributed by atoms with van der Waals surface area (Å²) in [6.45, 7) is 9.41. The van der Waals surface area contributed by atoms with Gasteiger partial charge in [-0.25, -0.2) is 4.39 Å². The van der Waals surface area contributed by atoms with Crippen molar-refractivity contribution in [1.82, 2.24) is 10.2 Å². The molecule has 1 fully saturated rings. The van der Waals surface area contributed by atoms with Crippen LogP contribution in [0, 0.1) is 5.82 Å². The maximum Gasteiger partial charge on any atom is 0.162 e. The maximum atomic E-state index is 13.1. The third-order valence-electron chi connectivity index (χ3n) is 4.97. The highest BCUT2D eigenvalue weighted by molar-refractivity contribution is 9.10. The van der Waals surface area contributed by atoms with E-state index in [1.54, 1.807) is 12.1 Å². The highest BCUT2D eigenvalue weighted by atomic mass is 79.9. The van der Waals surface area contributed by atoms with E-state index in [1.165, 1.54) is 12.1 Å². The molecule has 30 heavy (non-hydrogen) atoms. The van der Waals surface area contributed by atoms with Crippen LogP contribution in [0.15, 0.2) is 40.9 Å². The third-order valence-corrected chi connectivity index (χ3v) is 5.71. The number of nitrogens with zero attached hydrogens (tertiary/aromatic N) is 1. The van der Waals surface area contributed by atoms with E-state index in [9.17, 15) is 4.39 Å². The molecular formula is C23H30BrFN2O3. The number of hydrogen-bond acceptors (Lipinski definition) is 5. The number of halogens is 2. The average molecular weight is 481 g/mol. The van der Waals surface area contributed by atoms with Gasteiger partial charge < -0.3 is 19.5 Å². The summed E-state index contributed by atoms with van der Waals surface area (Å²) in [7, 11) is 0. The molecule has 1 aliphatic rings. The van der Waals surface area contributed by atoms with Crippen molar-refractivity contribution >= 4 is 15.9 Å². The van der Waals surface area contributed by atoms with E-state index in [-0.39, 0.29) is 5.82 Å². The van der Waals surface area contributed by atoms with E-state index in [0.717, 1.165) is 68.0 Å². The first-order valence-corrected chi connectivity index (χ1v) is 11.3. The Labute approximate surface area is 186 Å². The van der Waals surface area contributed by atoms with Gasteiger partial charge in [0.25, 0.3) is 0 Å². The van der Waals surface area contributed by atoms with Gasteiger partial charge in [-0.05, 0) is 61.8 Å². The number of ether oxygens (including phenoxy) is 3. The van der Waals surface area contributed by atoms with Gasteiger partial charge in [0.2, 0.25) is 0 Å². The molecule has 0 bridgehead atoms. The number of benzene rings is 2. The van der Waals surface area contributed by atoms with E-state index in [4.69, 9.17) is 14.2 Å². The average Bonchev–Trinajstić information content (AvgIpc) is 2.76. The molecule has 0 radical (unpaired) electrons. The zero-order valence-corrected chi connectivity index (χ0v) is 19.0. The van der Waals surface area contributed by atoms with Gasteiger partial charge in [0.15, 0.2) is 11.5 Å². The van der Waals surface area contributed by atoms with Crippen LogP contribution < -0.4 is 14.8 Å². The van der Waals surface area contributed by atoms with Crippen LogP contribution in [0.4, 0.5) is 4.39 Å². The summed E-state index contributed by atoms with van der Waals surface area (Å²) in [6, 6.07) is 10.3. The monoisotopic (exact) mass is 480 g/mol. The molecule has 3 rings (SSSR count). The predicted octanol–water partition coefficient (Wildman–Crippen LogP) is 4.38. The summed E-state index contributed by atoms with van der Waals surface area (Å²) in [5.74, 6) is 1.13. The lowest BCUT2D eigenvalue weighted by Gasteiger charge is -2.26. The lowest BCUT2D eigenvalue weighted by molar-refractivity contribution is 0.0374. The Morgan fingerprint density at radius 1 is 1.10 bits per heavy atom. The SMILES string of the molecule is CCOc1cc(CNCCCN2CCOCC2)c(Br)cc1OCc1ccc(F)cc1. The molecule has 0 spiro atoms. The van der Waals surface area contributed by atoms with Gasteiger partial charge in [-0.3, -0.25) is 4.90 Å². The number of rotatable bonds is 11. The first-order chi connectivity index (χ1) is 14.7. The molecule has 164 valence electrons. The Balaban J connectivity index is 1.52. The zero-order valence-electron chi connectivity index (χ0n) is 17.5. The van der Waals surface area contributed by atoms with Crippen LogP contribution in [-0.2, 0) is 17.9 Å². The molecule has 1 aliphatic heterocycles. The summed E-state index contributed by atoms with van der Waals surface area (Å²) in [6.07, 6.45) is 1.11. The van der Waals surface area contributed by atoms with Gasteiger partial charge >= 0.3 is 0 Å². The summed E-state index contributed by atoms with van der Waals surface area (Å²) in [5.41, 5.74) is 2.03. The molecule has 7 heteroatoms. The minimum Gasteiger partial charge on any atom is -0.490 e. The summed E-state index contributed by atoms with van der Waals surface area (Å²) in [5, 5.41) is 3.51. The molecule has 0 amide bonds. The molecule has 5 nitrogen and oxygen atoms in total. The molecule has 0 aromatic heterocycles. The normalized spacial score (nSPS) is 14.6. The van der Waals surface area contributed by atoms with E-state index in [2.05, 4.69) is 26.1 Å². The minimum absolute atomic E-state index is 0.252. The van der Waals surface area contributed by atoms with E-state index < -0.39 is 0 Å². The van der Waals surface area contributed by atoms with E-state index >= 15 is 0 Å². The van der Waals surface area contributed by atoms with Crippen molar-refractivity contribution in [3.8, 4) is 11.5 Å². The minimum atomic E-state index is -0.252.